The van der Waals surface area contributed by atoms with E-state index in [1.807, 2.05) is 0 Å². The molecule has 0 aromatic carbocycles. The van der Waals surface area contributed by atoms with Gasteiger partial charge in [0.15, 0.2) is 0 Å². The number of methoxy groups -OCH3 is 1. The third-order valence-corrected chi connectivity index (χ3v) is 3.13. The molecule has 1 heterocycles. The number of rotatable bonds is 6. The molecule has 1 amide bonds. The first-order valence-electron chi connectivity index (χ1n) is 5.83. The Morgan fingerprint density at radius 3 is 2.89 bits per heavy atom. The van der Waals surface area contributed by atoms with E-state index in [1.165, 1.54) is 0 Å². The van der Waals surface area contributed by atoms with E-state index in [1.54, 1.807) is 25.4 Å². The van der Waals surface area contributed by atoms with Gasteiger partial charge in [-0.25, -0.2) is 4.98 Å². The Morgan fingerprint density at radius 2 is 2.28 bits per heavy atom. The van der Waals surface area contributed by atoms with Crippen molar-refractivity contribution >= 4 is 21.8 Å². The van der Waals surface area contributed by atoms with E-state index in [0.717, 1.165) is 6.42 Å². The molecule has 0 fully saturated rings. The normalized spacial score (nSPS) is 11.3. The Hall–Kier alpha value is -0.940. The maximum atomic E-state index is 11.9. The number of hydrogen-bond acceptors (Lipinski definition) is 3. The van der Waals surface area contributed by atoms with Crippen molar-refractivity contribution in [1.82, 2.24) is 10.3 Å². The molecule has 0 spiro atoms. The number of pyridine rings is 1. The lowest BCUT2D eigenvalue weighted by atomic mass is 9.89. The molecule has 0 saturated heterocycles. The molecule has 100 valence electrons. The summed E-state index contributed by atoms with van der Waals surface area (Å²) < 4.78 is 5.72. The average molecular weight is 315 g/mol. The lowest BCUT2D eigenvalue weighted by molar-refractivity contribution is 0.0920. The van der Waals surface area contributed by atoms with E-state index < -0.39 is 0 Å². The van der Waals surface area contributed by atoms with Crippen LogP contribution in [0.25, 0.3) is 0 Å². The molecular weight excluding hydrogens is 296 g/mol. The average Bonchev–Trinajstić information content (AvgIpc) is 2.34. The van der Waals surface area contributed by atoms with Gasteiger partial charge in [-0.05, 0) is 39.9 Å². The van der Waals surface area contributed by atoms with E-state index in [9.17, 15) is 4.79 Å². The first-order chi connectivity index (χ1) is 8.44. The van der Waals surface area contributed by atoms with Crippen LogP contribution in [0.3, 0.4) is 0 Å². The highest BCUT2D eigenvalue weighted by Crippen LogP contribution is 2.19. The van der Waals surface area contributed by atoms with E-state index in [2.05, 4.69) is 40.1 Å². The number of hydrogen-bond donors (Lipinski definition) is 1. The third-order valence-electron chi connectivity index (χ3n) is 2.70. The number of aromatic nitrogens is 1. The minimum atomic E-state index is -0.0800. The number of carbonyl (C=O) groups is 1. The van der Waals surface area contributed by atoms with Crippen molar-refractivity contribution < 1.29 is 9.53 Å². The van der Waals surface area contributed by atoms with Gasteiger partial charge < -0.3 is 10.1 Å². The second-order valence-corrected chi connectivity index (χ2v) is 5.77. The van der Waals surface area contributed by atoms with Gasteiger partial charge in [-0.1, -0.05) is 13.8 Å². The number of halogens is 1. The minimum absolute atomic E-state index is 0.0237. The summed E-state index contributed by atoms with van der Waals surface area (Å²) in [6.07, 6.45) is 2.51. The zero-order valence-corrected chi connectivity index (χ0v) is 12.6. The summed E-state index contributed by atoms with van der Waals surface area (Å²) in [7, 11) is 1.68. The van der Waals surface area contributed by atoms with E-state index in [-0.39, 0.29) is 11.3 Å². The molecule has 0 unspecified atom stereocenters. The van der Waals surface area contributed by atoms with Crippen molar-refractivity contribution in [2.75, 3.05) is 20.3 Å². The summed E-state index contributed by atoms with van der Waals surface area (Å²) in [4.78, 5) is 15.9. The molecule has 0 aliphatic carbocycles. The van der Waals surface area contributed by atoms with E-state index in [0.29, 0.717) is 23.3 Å². The molecule has 5 heteroatoms. The maximum Gasteiger partial charge on any atom is 0.251 e. The fraction of sp³-hybridized carbons (Fsp3) is 0.538. The second-order valence-electron chi connectivity index (χ2n) is 4.96. The van der Waals surface area contributed by atoms with Crippen molar-refractivity contribution in [1.29, 1.82) is 0 Å². The number of nitrogens with one attached hydrogen (secondary N) is 1. The van der Waals surface area contributed by atoms with Crippen molar-refractivity contribution in [3.05, 3.63) is 28.5 Å². The van der Waals surface area contributed by atoms with Crippen LogP contribution in [0.4, 0.5) is 0 Å². The van der Waals surface area contributed by atoms with Crippen molar-refractivity contribution in [2.24, 2.45) is 5.41 Å². The molecule has 1 N–H and O–H groups in total. The molecule has 0 aliphatic heterocycles. The van der Waals surface area contributed by atoms with Crippen LogP contribution >= 0.6 is 15.9 Å². The van der Waals surface area contributed by atoms with Crippen LogP contribution in [0, 0.1) is 5.41 Å². The number of ether oxygens (including phenoxy) is 1. The highest BCUT2D eigenvalue weighted by Gasteiger charge is 2.19. The Kier molecular flexibility index (Phi) is 5.75. The summed E-state index contributed by atoms with van der Waals surface area (Å²) in [5, 5.41) is 2.93. The van der Waals surface area contributed by atoms with Crippen LogP contribution in [0.1, 0.15) is 30.6 Å². The largest absolute Gasteiger partial charge is 0.385 e. The van der Waals surface area contributed by atoms with Gasteiger partial charge in [-0.15, -0.1) is 0 Å². The number of carbonyl (C=O) groups excluding carboxylic acids is 1. The maximum absolute atomic E-state index is 11.9. The zero-order valence-electron chi connectivity index (χ0n) is 11.0. The summed E-state index contributed by atoms with van der Waals surface area (Å²) in [6.45, 7) is 5.53. The summed E-state index contributed by atoms with van der Waals surface area (Å²) in [6, 6.07) is 3.40. The first-order valence-corrected chi connectivity index (χ1v) is 6.62. The standard InChI is InChI=1S/C13H19BrN2O2/c1-13(2,5-7-18-3)9-16-12(17)10-4-6-15-11(14)8-10/h4,6,8H,5,7,9H2,1-3H3,(H,16,17). The SMILES string of the molecule is COCCC(C)(C)CNC(=O)c1ccnc(Br)c1. The molecule has 1 aromatic rings. The Bertz CT molecular complexity index is 408. The van der Waals surface area contributed by atoms with Gasteiger partial charge in [0.25, 0.3) is 5.91 Å². The fourth-order valence-electron chi connectivity index (χ4n) is 1.43. The zero-order chi connectivity index (χ0) is 13.6. The first kappa shape index (κ1) is 15.1. The highest BCUT2D eigenvalue weighted by molar-refractivity contribution is 9.10. The molecule has 1 aromatic heterocycles. The molecule has 1 rings (SSSR count). The highest BCUT2D eigenvalue weighted by atomic mass is 79.9. The van der Waals surface area contributed by atoms with Crippen LogP contribution < -0.4 is 5.32 Å². The Balaban J connectivity index is 2.50. The predicted molar refractivity (Wildman–Crippen MR) is 74.5 cm³/mol. The van der Waals surface area contributed by atoms with Crippen molar-refractivity contribution in [2.45, 2.75) is 20.3 Å². The lowest BCUT2D eigenvalue weighted by Crippen LogP contribution is -2.34. The summed E-state index contributed by atoms with van der Waals surface area (Å²) in [5.41, 5.74) is 0.634. The van der Waals surface area contributed by atoms with E-state index >= 15 is 0 Å². The van der Waals surface area contributed by atoms with Crippen LogP contribution in [0.5, 0.6) is 0 Å². The summed E-state index contributed by atoms with van der Waals surface area (Å²) in [5.74, 6) is -0.0800. The van der Waals surface area contributed by atoms with Crippen LogP contribution in [-0.4, -0.2) is 31.2 Å². The Labute approximate surface area is 116 Å². The molecule has 0 saturated carbocycles. The number of nitrogens with zero attached hydrogens (tertiary/aromatic N) is 1. The molecule has 18 heavy (non-hydrogen) atoms. The fourth-order valence-corrected chi connectivity index (χ4v) is 1.80. The van der Waals surface area contributed by atoms with Gasteiger partial charge >= 0.3 is 0 Å². The minimum Gasteiger partial charge on any atom is -0.385 e. The van der Waals surface area contributed by atoms with Gasteiger partial charge in [0, 0.05) is 32.0 Å². The van der Waals surface area contributed by atoms with Gasteiger partial charge in [-0.2, -0.15) is 0 Å². The third kappa shape index (κ3) is 5.14. The second kappa shape index (κ2) is 6.85. The Morgan fingerprint density at radius 1 is 1.56 bits per heavy atom. The smallest absolute Gasteiger partial charge is 0.251 e. The van der Waals surface area contributed by atoms with Gasteiger partial charge in [-0.3, -0.25) is 4.79 Å². The topological polar surface area (TPSA) is 51.2 Å². The molecule has 0 aliphatic rings. The van der Waals surface area contributed by atoms with Gasteiger partial charge in [0.1, 0.15) is 4.60 Å². The monoisotopic (exact) mass is 314 g/mol. The van der Waals surface area contributed by atoms with Gasteiger partial charge in [0.2, 0.25) is 0 Å². The van der Waals surface area contributed by atoms with Crippen molar-refractivity contribution in [3.8, 4) is 0 Å². The molecule has 4 nitrogen and oxygen atoms in total. The molecule has 0 radical (unpaired) electrons. The van der Waals surface area contributed by atoms with Crippen LogP contribution in [0.15, 0.2) is 22.9 Å². The molecular formula is C13H19BrN2O2. The number of amides is 1. The predicted octanol–water partition coefficient (Wildman–Crippen LogP) is 2.64. The van der Waals surface area contributed by atoms with Crippen LogP contribution in [0.2, 0.25) is 0 Å². The molecule has 0 atom stereocenters. The van der Waals surface area contributed by atoms with E-state index in [4.69, 9.17) is 4.74 Å². The van der Waals surface area contributed by atoms with Gasteiger partial charge in [0.05, 0.1) is 0 Å². The summed E-state index contributed by atoms with van der Waals surface area (Å²) >= 11 is 3.25. The van der Waals surface area contributed by atoms with Crippen molar-refractivity contribution in [3.63, 3.8) is 0 Å². The van der Waals surface area contributed by atoms with Crippen LogP contribution in [-0.2, 0) is 4.74 Å². The molecule has 0 bridgehead atoms. The quantitative estimate of drug-likeness (QED) is 0.821. The lowest BCUT2D eigenvalue weighted by Gasteiger charge is -2.24.